The number of nitrogens with one attached hydrogen (secondary N) is 1. The van der Waals surface area contributed by atoms with Gasteiger partial charge in [0.15, 0.2) is 0 Å². The Labute approximate surface area is 197 Å². The fraction of sp³-hybridized carbons (Fsp3) is 0.480. The summed E-state index contributed by atoms with van der Waals surface area (Å²) in [6.45, 7) is 4.09. The average molecular weight is 472 g/mol. The fourth-order valence-electron chi connectivity index (χ4n) is 5.42. The number of esters is 1. The van der Waals surface area contributed by atoms with Crippen molar-refractivity contribution in [1.29, 1.82) is 0 Å². The van der Waals surface area contributed by atoms with Gasteiger partial charge in [-0.1, -0.05) is 19.1 Å². The van der Waals surface area contributed by atoms with E-state index < -0.39 is 23.8 Å². The lowest BCUT2D eigenvalue weighted by atomic mass is 9.78. The molecule has 0 aliphatic heterocycles. The van der Waals surface area contributed by atoms with E-state index in [9.17, 15) is 19.5 Å². The Morgan fingerprint density at radius 3 is 2.39 bits per heavy atom. The number of hydrogen-bond acceptors (Lipinski definition) is 6. The summed E-state index contributed by atoms with van der Waals surface area (Å²) >= 11 is 1.31. The summed E-state index contributed by atoms with van der Waals surface area (Å²) < 4.78 is 10.7. The molecule has 1 amide bonds. The van der Waals surface area contributed by atoms with Gasteiger partial charge in [-0.15, -0.1) is 11.3 Å². The highest BCUT2D eigenvalue weighted by Crippen LogP contribution is 2.53. The van der Waals surface area contributed by atoms with Crippen molar-refractivity contribution >= 4 is 34.2 Å². The van der Waals surface area contributed by atoms with E-state index in [4.69, 9.17) is 9.47 Å². The summed E-state index contributed by atoms with van der Waals surface area (Å²) in [6, 6.07) is 7.37. The van der Waals surface area contributed by atoms with Gasteiger partial charge in [-0.3, -0.25) is 9.59 Å². The van der Waals surface area contributed by atoms with Crippen molar-refractivity contribution in [2.45, 2.75) is 39.5 Å². The summed E-state index contributed by atoms with van der Waals surface area (Å²) in [5, 5.41) is 13.1. The molecule has 0 saturated heterocycles. The van der Waals surface area contributed by atoms with Crippen LogP contribution >= 0.6 is 11.3 Å². The summed E-state index contributed by atoms with van der Waals surface area (Å²) in [5.74, 6) is -2.14. The highest BCUT2D eigenvalue weighted by molar-refractivity contribution is 7.17. The van der Waals surface area contributed by atoms with Gasteiger partial charge in [0, 0.05) is 10.4 Å². The Kier molecular flexibility index (Phi) is 6.74. The van der Waals surface area contributed by atoms with E-state index in [2.05, 4.69) is 5.32 Å². The molecule has 176 valence electrons. The van der Waals surface area contributed by atoms with Gasteiger partial charge in [0.2, 0.25) is 5.91 Å². The van der Waals surface area contributed by atoms with Gasteiger partial charge >= 0.3 is 11.9 Å². The normalized spacial score (nSPS) is 23.4. The number of aliphatic carboxylic acids is 1. The van der Waals surface area contributed by atoms with Gasteiger partial charge in [-0.25, -0.2) is 4.79 Å². The van der Waals surface area contributed by atoms with E-state index in [-0.39, 0.29) is 24.3 Å². The molecule has 4 atom stereocenters. The van der Waals surface area contributed by atoms with Gasteiger partial charge < -0.3 is 19.9 Å². The van der Waals surface area contributed by atoms with Crippen LogP contribution in [-0.2, 0) is 14.3 Å². The topological polar surface area (TPSA) is 102 Å². The molecular formula is C25H29NO6S. The molecule has 1 aromatic heterocycles. The number of hydrogen-bond donors (Lipinski definition) is 2. The van der Waals surface area contributed by atoms with E-state index in [1.807, 2.05) is 38.1 Å². The summed E-state index contributed by atoms with van der Waals surface area (Å²) in [5.41, 5.74) is 1.85. The van der Waals surface area contributed by atoms with Gasteiger partial charge in [0.1, 0.15) is 16.3 Å². The molecule has 4 rings (SSSR count). The van der Waals surface area contributed by atoms with Crippen LogP contribution in [-0.4, -0.2) is 36.7 Å². The Bertz CT molecular complexity index is 1060. The Morgan fingerprint density at radius 1 is 1.12 bits per heavy atom. The quantitative estimate of drug-likeness (QED) is 0.526. The third-order valence-corrected chi connectivity index (χ3v) is 7.87. The number of rotatable bonds is 8. The number of carbonyl (C=O) groups excluding carboxylic acids is 2. The summed E-state index contributed by atoms with van der Waals surface area (Å²) in [7, 11) is 1.59. The van der Waals surface area contributed by atoms with Gasteiger partial charge in [0.05, 0.1) is 25.6 Å². The van der Waals surface area contributed by atoms with Crippen molar-refractivity contribution in [3.63, 3.8) is 0 Å². The minimum Gasteiger partial charge on any atom is -0.497 e. The van der Waals surface area contributed by atoms with E-state index >= 15 is 0 Å². The zero-order chi connectivity index (χ0) is 23.7. The molecule has 2 saturated carbocycles. The minimum absolute atomic E-state index is 0.0529. The number of ether oxygens (including phenoxy) is 2. The summed E-state index contributed by atoms with van der Waals surface area (Å²) in [6.07, 6.45) is 3.19. The predicted octanol–water partition coefficient (Wildman–Crippen LogP) is 4.98. The van der Waals surface area contributed by atoms with Crippen molar-refractivity contribution < 1.29 is 29.0 Å². The predicted molar refractivity (Wildman–Crippen MR) is 126 cm³/mol. The molecule has 0 spiro atoms. The number of carboxylic acids is 1. The van der Waals surface area contributed by atoms with E-state index in [0.717, 1.165) is 29.7 Å². The Balaban J connectivity index is 1.69. The standard InChI is InChI=1S/C25H29NO6S/c1-4-11-32-25(30)21-18(14-7-9-17(31-3)10-8-14)13(2)33-23(21)26-22(27)19-15-5-6-16(12-15)20(19)24(28)29/h7-10,15-16,19-20H,4-6,11-12H2,1-3H3,(H,26,27)(H,28,29). The molecule has 2 aliphatic rings. The van der Waals surface area contributed by atoms with Crippen LogP contribution in [0.25, 0.3) is 11.1 Å². The van der Waals surface area contributed by atoms with Crippen LogP contribution in [0.4, 0.5) is 5.00 Å². The third-order valence-electron chi connectivity index (χ3n) is 6.85. The number of thiophene rings is 1. The number of aryl methyl sites for hydroxylation is 1. The molecule has 7 nitrogen and oxygen atoms in total. The van der Waals surface area contributed by atoms with Gasteiger partial charge in [0.25, 0.3) is 0 Å². The third kappa shape index (κ3) is 4.36. The zero-order valence-corrected chi connectivity index (χ0v) is 19.9. The molecule has 2 aliphatic carbocycles. The SMILES string of the molecule is CCCOC(=O)c1c(NC(=O)C2C3CCC(C3)C2C(=O)O)sc(C)c1-c1ccc(OC)cc1. The fourth-order valence-corrected chi connectivity index (χ4v) is 6.49. The van der Waals surface area contributed by atoms with Crippen molar-refractivity contribution in [2.75, 3.05) is 19.0 Å². The summed E-state index contributed by atoms with van der Waals surface area (Å²) in [4.78, 5) is 39.1. The lowest BCUT2D eigenvalue weighted by Crippen LogP contribution is -2.38. The molecule has 2 bridgehead atoms. The lowest BCUT2D eigenvalue weighted by Gasteiger charge is -2.27. The van der Waals surface area contributed by atoms with Crippen LogP contribution in [0.5, 0.6) is 5.75 Å². The molecule has 33 heavy (non-hydrogen) atoms. The van der Waals surface area contributed by atoms with Crippen molar-refractivity contribution in [2.24, 2.45) is 23.7 Å². The second-order valence-electron chi connectivity index (χ2n) is 8.81. The molecule has 2 aromatic rings. The minimum atomic E-state index is -0.911. The molecule has 1 heterocycles. The molecule has 2 fully saturated rings. The number of anilines is 1. The second kappa shape index (κ2) is 9.55. The monoisotopic (exact) mass is 471 g/mol. The van der Waals surface area contributed by atoms with Crippen molar-refractivity contribution in [3.05, 3.63) is 34.7 Å². The second-order valence-corrected chi connectivity index (χ2v) is 10.0. The highest BCUT2D eigenvalue weighted by Gasteiger charge is 2.54. The number of carbonyl (C=O) groups is 3. The van der Waals surface area contributed by atoms with Crippen LogP contribution in [0.15, 0.2) is 24.3 Å². The first-order valence-corrected chi connectivity index (χ1v) is 12.2. The maximum Gasteiger partial charge on any atom is 0.341 e. The number of fused-ring (bicyclic) bond motifs is 2. The molecular weight excluding hydrogens is 442 g/mol. The molecule has 4 unspecified atom stereocenters. The molecule has 1 aromatic carbocycles. The highest BCUT2D eigenvalue weighted by atomic mass is 32.1. The molecule has 8 heteroatoms. The first-order chi connectivity index (χ1) is 15.8. The maximum absolute atomic E-state index is 13.3. The molecule has 2 N–H and O–H groups in total. The Morgan fingerprint density at radius 2 is 1.79 bits per heavy atom. The maximum atomic E-state index is 13.3. The van der Waals surface area contributed by atoms with Crippen LogP contribution < -0.4 is 10.1 Å². The van der Waals surface area contributed by atoms with Crippen LogP contribution in [0, 0.1) is 30.6 Å². The number of carboxylic acid groups (broad SMARTS) is 1. The number of benzene rings is 1. The Hall–Kier alpha value is -2.87. The van der Waals surface area contributed by atoms with Gasteiger partial charge in [-0.2, -0.15) is 0 Å². The smallest absolute Gasteiger partial charge is 0.341 e. The van der Waals surface area contributed by atoms with Gasteiger partial charge in [-0.05, 0) is 62.1 Å². The van der Waals surface area contributed by atoms with Crippen molar-refractivity contribution in [3.8, 4) is 16.9 Å². The number of amides is 1. The van der Waals surface area contributed by atoms with Crippen LogP contribution in [0.2, 0.25) is 0 Å². The van der Waals surface area contributed by atoms with E-state index in [0.29, 0.717) is 28.3 Å². The van der Waals surface area contributed by atoms with Crippen LogP contribution in [0.3, 0.4) is 0 Å². The van der Waals surface area contributed by atoms with E-state index in [1.165, 1.54) is 11.3 Å². The first kappa shape index (κ1) is 23.3. The first-order valence-electron chi connectivity index (χ1n) is 11.3. The lowest BCUT2D eigenvalue weighted by molar-refractivity contribution is -0.148. The largest absolute Gasteiger partial charge is 0.497 e. The van der Waals surface area contributed by atoms with E-state index in [1.54, 1.807) is 7.11 Å². The zero-order valence-electron chi connectivity index (χ0n) is 19.1. The number of methoxy groups -OCH3 is 1. The molecule has 0 radical (unpaired) electrons. The average Bonchev–Trinajstić information content (AvgIpc) is 3.50. The van der Waals surface area contributed by atoms with Crippen LogP contribution in [0.1, 0.15) is 47.8 Å². The van der Waals surface area contributed by atoms with Crippen molar-refractivity contribution in [1.82, 2.24) is 0 Å².